The number of Topliss-reactive ketones (excluding diaryl/α,β-unsaturated/α-hetero) is 1. The predicted molar refractivity (Wildman–Crippen MR) is 88.6 cm³/mol. The van der Waals surface area contributed by atoms with Gasteiger partial charge in [-0.15, -0.1) is 0 Å². The lowest BCUT2D eigenvalue weighted by Crippen LogP contribution is -2.51. The van der Waals surface area contributed by atoms with Crippen LogP contribution in [0.4, 0.5) is 0 Å². The zero-order valence-corrected chi connectivity index (χ0v) is 14.6. The Balaban J connectivity index is 1.59. The van der Waals surface area contributed by atoms with Crippen molar-refractivity contribution in [2.45, 2.75) is 59.3 Å². The first kappa shape index (κ1) is 14.4. The summed E-state index contributed by atoms with van der Waals surface area (Å²) in [4.78, 5) is 24.8. The van der Waals surface area contributed by atoms with Gasteiger partial charge < -0.3 is 0 Å². The van der Waals surface area contributed by atoms with Gasteiger partial charge in [0.15, 0.2) is 5.78 Å². The zero-order chi connectivity index (χ0) is 16.1. The van der Waals surface area contributed by atoms with Crippen molar-refractivity contribution in [3.05, 3.63) is 11.6 Å². The number of fused-ring (bicyclic) bond motifs is 8. The van der Waals surface area contributed by atoms with Crippen LogP contribution in [0.3, 0.4) is 0 Å². The van der Waals surface area contributed by atoms with Crippen molar-refractivity contribution in [2.24, 2.45) is 46.3 Å². The summed E-state index contributed by atoms with van der Waals surface area (Å²) in [6.07, 6.45) is 8.49. The smallest absolute Gasteiger partial charge is 0.155 e. The third kappa shape index (κ3) is 1.61. The molecule has 23 heavy (non-hydrogen) atoms. The third-order valence-electron chi connectivity index (χ3n) is 8.76. The van der Waals surface area contributed by atoms with E-state index in [0.717, 1.165) is 37.5 Å². The number of allylic oxidation sites excluding steroid dienone is 1. The largest absolute Gasteiger partial charge is 0.299 e. The molecule has 0 saturated heterocycles. The highest BCUT2D eigenvalue weighted by Crippen LogP contribution is 2.73. The Morgan fingerprint density at radius 2 is 1.83 bits per heavy atom. The van der Waals surface area contributed by atoms with Crippen LogP contribution in [0.25, 0.3) is 0 Å². The molecule has 0 aromatic heterocycles. The van der Waals surface area contributed by atoms with Crippen LogP contribution in [-0.2, 0) is 9.59 Å². The maximum atomic E-state index is 12.8. The Morgan fingerprint density at radius 3 is 2.61 bits per heavy atom. The highest BCUT2D eigenvalue weighted by atomic mass is 16.1. The van der Waals surface area contributed by atoms with E-state index in [1.807, 2.05) is 6.08 Å². The van der Waals surface area contributed by atoms with Gasteiger partial charge >= 0.3 is 0 Å². The van der Waals surface area contributed by atoms with Crippen LogP contribution in [-0.4, -0.2) is 11.6 Å². The molecule has 4 saturated carbocycles. The van der Waals surface area contributed by atoms with E-state index in [2.05, 4.69) is 20.8 Å². The van der Waals surface area contributed by atoms with E-state index in [4.69, 9.17) is 0 Å². The van der Waals surface area contributed by atoms with E-state index in [0.29, 0.717) is 29.3 Å². The summed E-state index contributed by atoms with van der Waals surface area (Å²) in [6.45, 7) is 6.87. The molecule has 4 fully saturated rings. The van der Waals surface area contributed by atoms with Crippen LogP contribution in [0, 0.1) is 46.3 Å². The molecule has 0 spiro atoms. The molecule has 0 aliphatic heterocycles. The van der Waals surface area contributed by atoms with Gasteiger partial charge in [0.2, 0.25) is 0 Å². The van der Waals surface area contributed by atoms with Crippen LogP contribution in [0.15, 0.2) is 11.6 Å². The van der Waals surface area contributed by atoms with Crippen LogP contribution < -0.4 is 0 Å². The molecule has 5 aliphatic carbocycles. The van der Waals surface area contributed by atoms with Gasteiger partial charge in [-0.2, -0.15) is 0 Å². The van der Waals surface area contributed by atoms with Gasteiger partial charge in [-0.25, -0.2) is 0 Å². The maximum absolute atomic E-state index is 12.8. The lowest BCUT2D eigenvalue weighted by atomic mass is 9.47. The van der Waals surface area contributed by atoms with Crippen molar-refractivity contribution in [1.29, 1.82) is 0 Å². The van der Waals surface area contributed by atoms with Crippen molar-refractivity contribution in [3.8, 4) is 0 Å². The molecule has 124 valence electrons. The normalized spacial score (nSPS) is 57.1. The van der Waals surface area contributed by atoms with Gasteiger partial charge in [0.05, 0.1) is 0 Å². The molecule has 0 bridgehead atoms. The minimum Gasteiger partial charge on any atom is -0.299 e. The Kier molecular flexibility index (Phi) is 2.62. The van der Waals surface area contributed by atoms with E-state index in [1.54, 1.807) is 0 Å². The second-order valence-corrected chi connectivity index (χ2v) is 9.74. The minimum atomic E-state index is -0.0458. The second kappa shape index (κ2) is 4.18. The van der Waals surface area contributed by atoms with E-state index >= 15 is 0 Å². The van der Waals surface area contributed by atoms with Crippen molar-refractivity contribution in [3.63, 3.8) is 0 Å². The predicted octanol–water partition coefficient (Wildman–Crippen LogP) is 4.19. The summed E-state index contributed by atoms with van der Waals surface area (Å²) in [5.41, 5.74) is 1.70. The molecule has 2 heteroatoms. The first-order valence-corrected chi connectivity index (χ1v) is 9.65. The molecule has 0 aromatic carbocycles. The molecule has 0 heterocycles. The topological polar surface area (TPSA) is 34.1 Å². The Bertz CT molecular complexity index is 646. The van der Waals surface area contributed by atoms with Gasteiger partial charge in [0.1, 0.15) is 5.78 Å². The van der Waals surface area contributed by atoms with Crippen LogP contribution in [0.5, 0.6) is 0 Å². The van der Waals surface area contributed by atoms with E-state index in [1.165, 1.54) is 18.4 Å². The number of hydrogen-bond acceptors (Lipinski definition) is 2. The lowest BCUT2D eigenvalue weighted by molar-refractivity contribution is -0.134. The molecule has 1 unspecified atom stereocenters. The first-order valence-electron chi connectivity index (χ1n) is 9.65. The molecule has 5 aliphatic rings. The Hall–Kier alpha value is -0.920. The van der Waals surface area contributed by atoms with Crippen LogP contribution in [0.1, 0.15) is 59.3 Å². The molecule has 2 nitrogen and oxygen atoms in total. The third-order valence-corrected chi connectivity index (χ3v) is 8.76. The highest BCUT2D eigenvalue weighted by molar-refractivity contribution is 5.92. The summed E-state index contributed by atoms with van der Waals surface area (Å²) < 4.78 is 0. The summed E-state index contributed by atoms with van der Waals surface area (Å²) in [5, 5.41) is 0. The second-order valence-electron chi connectivity index (χ2n) is 9.74. The van der Waals surface area contributed by atoms with Crippen molar-refractivity contribution >= 4 is 11.6 Å². The number of rotatable bonds is 0. The highest BCUT2D eigenvalue weighted by Gasteiger charge is 2.68. The average Bonchev–Trinajstić information content (AvgIpc) is 3.26. The monoisotopic (exact) mass is 312 g/mol. The first-order chi connectivity index (χ1) is 10.9. The quantitative estimate of drug-likeness (QED) is 0.672. The minimum absolute atomic E-state index is 0.0458. The van der Waals surface area contributed by atoms with E-state index < -0.39 is 0 Å². The number of hydrogen-bond donors (Lipinski definition) is 0. The van der Waals surface area contributed by atoms with E-state index in [-0.39, 0.29) is 16.7 Å². The molecular formula is C21H28O2. The zero-order valence-electron chi connectivity index (χ0n) is 14.6. The summed E-state index contributed by atoms with van der Waals surface area (Å²) in [5.74, 6) is 4.65. The fourth-order valence-corrected chi connectivity index (χ4v) is 7.52. The SMILES string of the molecule is CC1C[C@H]2[C@@H]3[C@@H]4C[C@@H]4C4=CC(=O)CC[C@]4(C)[C@H]3CC[C@]2(C)C1=O. The maximum Gasteiger partial charge on any atom is 0.155 e. The van der Waals surface area contributed by atoms with E-state index in [9.17, 15) is 9.59 Å². The number of ketones is 2. The number of carbonyl (C=O) groups is 2. The summed E-state index contributed by atoms with van der Waals surface area (Å²) in [6, 6.07) is 0. The molecular weight excluding hydrogens is 284 g/mol. The molecule has 5 rings (SSSR count). The average molecular weight is 312 g/mol. The molecule has 8 atom stereocenters. The summed E-state index contributed by atoms with van der Waals surface area (Å²) >= 11 is 0. The van der Waals surface area contributed by atoms with Gasteiger partial charge in [-0.05, 0) is 73.2 Å². The molecule has 0 amide bonds. The lowest BCUT2D eigenvalue weighted by Gasteiger charge is -2.56. The fourth-order valence-electron chi connectivity index (χ4n) is 7.52. The Morgan fingerprint density at radius 1 is 1.04 bits per heavy atom. The van der Waals surface area contributed by atoms with Crippen molar-refractivity contribution in [2.75, 3.05) is 0 Å². The standard InChI is InChI=1S/C21H28O2/c1-11-8-17-18-14-10-13(14)16-9-12(22)4-6-20(16,2)15(18)5-7-21(17,3)19(11)23/h9,11,13-15,17-18H,4-8,10H2,1-3H3/t11?,13-,14+,15-,17-,18+,20+,21-/m0/s1. The summed E-state index contributed by atoms with van der Waals surface area (Å²) in [7, 11) is 0. The molecule has 0 radical (unpaired) electrons. The molecule has 0 N–H and O–H groups in total. The van der Waals surface area contributed by atoms with Gasteiger partial charge in [0.25, 0.3) is 0 Å². The van der Waals surface area contributed by atoms with Gasteiger partial charge in [-0.1, -0.05) is 26.3 Å². The van der Waals surface area contributed by atoms with Gasteiger partial charge in [-0.3, -0.25) is 9.59 Å². The van der Waals surface area contributed by atoms with Crippen LogP contribution >= 0.6 is 0 Å². The number of carbonyl (C=O) groups excluding carboxylic acids is 2. The van der Waals surface area contributed by atoms with Gasteiger partial charge in [0, 0.05) is 17.8 Å². The fraction of sp³-hybridized carbons (Fsp3) is 0.810. The van der Waals surface area contributed by atoms with Crippen molar-refractivity contribution in [1.82, 2.24) is 0 Å². The van der Waals surface area contributed by atoms with Crippen molar-refractivity contribution < 1.29 is 9.59 Å². The van der Waals surface area contributed by atoms with Crippen LogP contribution in [0.2, 0.25) is 0 Å². The molecule has 0 aromatic rings. The Labute approximate surface area is 139 Å².